The molecule has 1 N–H and O–H groups in total. The summed E-state index contributed by atoms with van der Waals surface area (Å²) in [5.41, 5.74) is 4.27. The Bertz CT molecular complexity index is 614. The fourth-order valence-electron chi connectivity index (χ4n) is 2.26. The summed E-state index contributed by atoms with van der Waals surface area (Å²) in [7, 11) is 5.69. The molecule has 0 aliphatic carbocycles. The summed E-state index contributed by atoms with van der Waals surface area (Å²) < 4.78 is 6.74. The highest BCUT2D eigenvalue weighted by Gasteiger charge is 2.12. The lowest BCUT2D eigenvalue weighted by molar-refractivity contribution is 0.391. The van der Waals surface area contributed by atoms with Gasteiger partial charge in [0.05, 0.1) is 12.2 Å². The molecule has 7 nitrogen and oxygen atoms in total. The Labute approximate surface area is 124 Å². The predicted octanol–water partition coefficient (Wildman–Crippen LogP) is 1.23. The molecule has 0 saturated heterocycles. The van der Waals surface area contributed by atoms with E-state index in [4.69, 9.17) is 4.52 Å². The number of rotatable bonds is 4. The van der Waals surface area contributed by atoms with Crippen molar-refractivity contribution in [1.82, 2.24) is 25.2 Å². The molecule has 2 heterocycles. The maximum absolute atomic E-state index is 4.84. The Kier molecular flexibility index (Phi) is 4.62. The molecule has 114 valence electrons. The summed E-state index contributed by atoms with van der Waals surface area (Å²) in [4.78, 5) is 6.29. The van der Waals surface area contributed by atoms with E-state index in [0.717, 1.165) is 23.0 Å². The molecule has 2 aromatic rings. The van der Waals surface area contributed by atoms with E-state index in [1.807, 2.05) is 36.7 Å². The van der Waals surface area contributed by atoms with Crippen molar-refractivity contribution in [1.29, 1.82) is 0 Å². The number of aromatic nitrogens is 3. The molecule has 0 aliphatic rings. The molecule has 0 saturated carbocycles. The minimum absolute atomic E-state index is 0.640. The van der Waals surface area contributed by atoms with Crippen LogP contribution in [0.3, 0.4) is 0 Å². The smallest absolute Gasteiger partial charge is 0.194 e. The van der Waals surface area contributed by atoms with Gasteiger partial charge in [0.2, 0.25) is 0 Å². The van der Waals surface area contributed by atoms with Gasteiger partial charge in [-0.25, -0.2) is 0 Å². The van der Waals surface area contributed by atoms with Gasteiger partial charge in [0, 0.05) is 45.0 Å². The third-order valence-electron chi connectivity index (χ3n) is 3.55. The molecule has 0 aliphatic heterocycles. The van der Waals surface area contributed by atoms with Crippen LogP contribution in [0.1, 0.15) is 22.6 Å². The Morgan fingerprint density at radius 2 is 2.24 bits per heavy atom. The van der Waals surface area contributed by atoms with Crippen LogP contribution in [-0.2, 0) is 20.1 Å². The average Bonchev–Trinajstić information content (AvgIpc) is 3.02. The van der Waals surface area contributed by atoms with Crippen LogP contribution in [0.15, 0.2) is 21.8 Å². The monoisotopic (exact) mass is 290 g/mol. The minimum atomic E-state index is 0.640. The topological polar surface area (TPSA) is 71.5 Å². The van der Waals surface area contributed by atoms with Gasteiger partial charge < -0.3 is 14.7 Å². The van der Waals surface area contributed by atoms with Gasteiger partial charge in [0.25, 0.3) is 0 Å². The molecule has 0 spiro atoms. The van der Waals surface area contributed by atoms with Crippen LogP contribution in [0, 0.1) is 13.8 Å². The van der Waals surface area contributed by atoms with E-state index in [1.54, 1.807) is 13.3 Å². The first kappa shape index (κ1) is 15.1. The van der Waals surface area contributed by atoms with Crippen LogP contribution in [-0.4, -0.2) is 39.9 Å². The molecule has 2 aromatic heterocycles. The number of guanidine groups is 1. The Hall–Kier alpha value is -2.31. The molecule has 7 heteroatoms. The highest BCUT2D eigenvalue weighted by molar-refractivity contribution is 5.79. The lowest BCUT2D eigenvalue weighted by atomic mass is 10.2. The van der Waals surface area contributed by atoms with Gasteiger partial charge in [0.15, 0.2) is 5.96 Å². The lowest BCUT2D eigenvalue weighted by Gasteiger charge is -2.21. The first-order valence-corrected chi connectivity index (χ1v) is 6.83. The van der Waals surface area contributed by atoms with Crippen molar-refractivity contribution in [2.75, 3.05) is 14.1 Å². The van der Waals surface area contributed by atoms with E-state index in [0.29, 0.717) is 13.1 Å². The van der Waals surface area contributed by atoms with E-state index >= 15 is 0 Å². The number of hydrogen-bond donors (Lipinski definition) is 1. The third kappa shape index (κ3) is 3.42. The first-order valence-electron chi connectivity index (χ1n) is 6.83. The number of aryl methyl sites for hydroxylation is 2. The second-order valence-corrected chi connectivity index (χ2v) is 5.02. The fourth-order valence-corrected chi connectivity index (χ4v) is 2.26. The van der Waals surface area contributed by atoms with E-state index in [9.17, 15) is 0 Å². The molecule has 0 bridgehead atoms. The van der Waals surface area contributed by atoms with Crippen molar-refractivity contribution in [3.8, 4) is 0 Å². The van der Waals surface area contributed by atoms with E-state index in [-0.39, 0.29) is 0 Å². The highest BCUT2D eigenvalue weighted by Crippen LogP contribution is 2.11. The zero-order chi connectivity index (χ0) is 15.4. The lowest BCUT2D eigenvalue weighted by Crippen LogP contribution is -2.38. The number of hydrogen-bond acceptors (Lipinski definition) is 4. The van der Waals surface area contributed by atoms with Crippen molar-refractivity contribution < 1.29 is 4.52 Å². The first-order chi connectivity index (χ1) is 10.0. The third-order valence-corrected chi connectivity index (χ3v) is 3.55. The molecule has 0 radical (unpaired) electrons. The van der Waals surface area contributed by atoms with Crippen LogP contribution in [0.25, 0.3) is 0 Å². The van der Waals surface area contributed by atoms with Gasteiger partial charge in [-0.2, -0.15) is 5.10 Å². The zero-order valence-corrected chi connectivity index (χ0v) is 13.2. The summed E-state index contributed by atoms with van der Waals surface area (Å²) in [5.74, 6) is 0.806. The van der Waals surface area contributed by atoms with Crippen molar-refractivity contribution in [2.45, 2.75) is 26.9 Å². The Morgan fingerprint density at radius 1 is 1.48 bits per heavy atom. The van der Waals surface area contributed by atoms with Crippen molar-refractivity contribution in [3.63, 3.8) is 0 Å². The summed E-state index contributed by atoms with van der Waals surface area (Å²) in [6.07, 6.45) is 1.57. The molecule has 21 heavy (non-hydrogen) atoms. The fraction of sp³-hybridized carbons (Fsp3) is 0.500. The Morgan fingerprint density at radius 3 is 2.76 bits per heavy atom. The molecule has 0 atom stereocenters. The average molecular weight is 290 g/mol. The molecule has 2 rings (SSSR count). The maximum atomic E-state index is 4.84. The predicted molar refractivity (Wildman–Crippen MR) is 80.9 cm³/mol. The molecule has 0 aromatic carbocycles. The van der Waals surface area contributed by atoms with Crippen molar-refractivity contribution in [2.24, 2.45) is 12.0 Å². The van der Waals surface area contributed by atoms with Gasteiger partial charge in [-0.3, -0.25) is 9.67 Å². The summed E-state index contributed by atoms with van der Waals surface area (Å²) >= 11 is 0. The van der Waals surface area contributed by atoms with E-state index in [1.165, 1.54) is 5.56 Å². The largest absolute Gasteiger partial charge is 0.364 e. The molecule has 0 amide bonds. The number of aliphatic imine (C=N–C) groups is 1. The van der Waals surface area contributed by atoms with E-state index < -0.39 is 0 Å². The molecule has 0 fully saturated rings. The Balaban J connectivity index is 1.99. The summed E-state index contributed by atoms with van der Waals surface area (Å²) in [6, 6.07) is 1.85. The van der Waals surface area contributed by atoms with Gasteiger partial charge in [-0.05, 0) is 13.8 Å². The SMILES string of the molecule is CN=C(NCc1c(C)nn(C)c1C)N(C)Cc1ccon1. The van der Waals surface area contributed by atoms with Gasteiger partial charge >= 0.3 is 0 Å². The standard InChI is InChI=1S/C14H22N6O/c1-10-13(11(2)20(5)17-10)8-16-14(15-3)19(4)9-12-6-7-21-18-12/h6-7H,8-9H2,1-5H3,(H,15,16). The van der Waals surface area contributed by atoms with Crippen LogP contribution in [0.4, 0.5) is 0 Å². The molecule has 0 unspecified atom stereocenters. The van der Waals surface area contributed by atoms with Crippen LogP contribution in [0.2, 0.25) is 0 Å². The summed E-state index contributed by atoms with van der Waals surface area (Å²) in [5, 5.41) is 11.7. The molecular weight excluding hydrogens is 268 g/mol. The van der Waals surface area contributed by atoms with Crippen LogP contribution < -0.4 is 5.32 Å². The number of nitrogens with zero attached hydrogens (tertiary/aromatic N) is 5. The maximum Gasteiger partial charge on any atom is 0.194 e. The zero-order valence-electron chi connectivity index (χ0n) is 13.2. The second kappa shape index (κ2) is 6.43. The van der Waals surface area contributed by atoms with Gasteiger partial charge in [0.1, 0.15) is 12.0 Å². The normalized spacial score (nSPS) is 11.8. The van der Waals surface area contributed by atoms with Gasteiger partial charge in [-0.15, -0.1) is 0 Å². The molecular formula is C14H22N6O. The van der Waals surface area contributed by atoms with Crippen molar-refractivity contribution >= 4 is 5.96 Å². The van der Waals surface area contributed by atoms with Crippen LogP contribution >= 0.6 is 0 Å². The van der Waals surface area contributed by atoms with Crippen LogP contribution in [0.5, 0.6) is 0 Å². The minimum Gasteiger partial charge on any atom is -0.364 e. The van der Waals surface area contributed by atoms with Gasteiger partial charge in [-0.1, -0.05) is 5.16 Å². The van der Waals surface area contributed by atoms with E-state index in [2.05, 4.69) is 27.5 Å². The highest BCUT2D eigenvalue weighted by atomic mass is 16.5. The van der Waals surface area contributed by atoms with Crippen molar-refractivity contribution in [3.05, 3.63) is 35.0 Å². The quantitative estimate of drug-likeness (QED) is 0.677. The second-order valence-electron chi connectivity index (χ2n) is 5.02. The number of nitrogens with one attached hydrogen (secondary N) is 1. The summed E-state index contributed by atoms with van der Waals surface area (Å²) in [6.45, 7) is 5.42.